The lowest BCUT2D eigenvalue weighted by Crippen LogP contribution is -2.29. The van der Waals surface area contributed by atoms with E-state index in [1.165, 1.54) is 14.2 Å². The highest BCUT2D eigenvalue weighted by molar-refractivity contribution is 6.00. The van der Waals surface area contributed by atoms with Gasteiger partial charge in [0.2, 0.25) is 11.8 Å². The Bertz CT molecular complexity index is 1350. The van der Waals surface area contributed by atoms with Crippen LogP contribution >= 0.6 is 0 Å². The highest BCUT2D eigenvalue weighted by Gasteiger charge is 2.21. The number of nitrogens with one attached hydrogen (secondary N) is 2. The number of carbonyl (C=O) groups is 1. The molecule has 2 aromatic heterocycles. The molecule has 2 heterocycles. The normalized spacial score (nSPS) is 11.4. The Morgan fingerprint density at radius 2 is 1.64 bits per heavy atom. The van der Waals surface area contributed by atoms with Crippen molar-refractivity contribution in [1.82, 2.24) is 15.3 Å². The minimum absolute atomic E-state index is 0.0943. The van der Waals surface area contributed by atoms with Gasteiger partial charge in [-0.2, -0.15) is 4.98 Å². The van der Waals surface area contributed by atoms with Crippen LogP contribution in [0, 0.1) is 0 Å². The third-order valence-electron chi connectivity index (χ3n) is 5.93. The zero-order chi connectivity index (χ0) is 27.5. The summed E-state index contributed by atoms with van der Waals surface area (Å²) in [5.74, 6) is 1.55. The van der Waals surface area contributed by atoms with Gasteiger partial charge in [0.05, 0.1) is 50.2 Å². The minimum atomic E-state index is -0.318. The Labute approximate surface area is 227 Å². The van der Waals surface area contributed by atoms with Crippen LogP contribution in [0.3, 0.4) is 0 Å². The molecule has 9 nitrogen and oxygen atoms in total. The van der Waals surface area contributed by atoms with Crippen molar-refractivity contribution < 1.29 is 24.1 Å². The van der Waals surface area contributed by atoms with E-state index >= 15 is 0 Å². The fourth-order valence-corrected chi connectivity index (χ4v) is 4.02. The number of para-hydroxylation sites is 1. The summed E-state index contributed by atoms with van der Waals surface area (Å²) in [5.41, 5.74) is 2.33. The molecule has 39 heavy (non-hydrogen) atoms. The van der Waals surface area contributed by atoms with Crippen LogP contribution in [0.5, 0.6) is 17.5 Å². The van der Waals surface area contributed by atoms with Crippen LogP contribution in [0.15, 0.2) is 84.9 Å². The fraction of sp³-hybridized carbons (Fsp3) is 0.233. The lowest BCUT2D eigenvalue weighted by atomic mass is 10.0. The average molecular weight is 529 g/mol. The molecule has 0 aliphatic rings. The number of hydrogen-bond acceptors (Lipinski definition) is 8. The van der Waals surface area contributed by atoms with Gasteiger partial charge in [0, 0.05) is 6.07 Å². The van der Waals surface area contributed by atoms with E-state index in [4.69, 9.17) is 19.2 Å². The number of ether oxygens (including phenoxy) is 3. The largest absolute Gasteiger partial charge is 0.492 e. The van der Waals surface area contributed by atoms with E-state index < -0.39 is 0 Å². The molecule has 9 heteroatoms. The van der Waals surface area contributed by atoms with Crippen LogP contribution in [0.1, 0.15) is 15.9 Å². The number of benzene rings is 2. The summed E-state index contributed by atoms with van der Waals surface area (Å²) >= 11 is 0. The first kappa shape index (κ1) is 27.4. The Morgan fingerprint density at radius 1 is 0.897 bits per heavy atom. The van der Waals surface area contributed by atoms with Crippen molar-refractivity contribution in [3.8, 4) is 28.8 Å². The maximum atomic E-state index is 13.3. The Hall–Kier alpha value is -4.63. The summed E-state index contributed by atoms with van der Waals surface area (Å²) in [6.07, 6.45) is 0.603. The Kier molecular flexibility index (Phi) is 9.68. The molecule has 0 saturated carbocycles. The second kappa shape index (κ2) is 13.8. The number of methoxy groups -OCH3 is 2. The standard InChI is InChI=1S/C30H32N4O5/c1-37-27-16-14-25(30(34-27)38-2)28-24(29(36)31-17-18-39-23-11-7-4-8-12-23)13-15-26(33-28)32-22(20-35)19-21-9-5-3-6-10-21/h3-16,22,35H,17-20H2,1-2H3,(H,31,36)(H,32,33). The first-order chi connectivity index (χ1) is 19.1. The molecule has 1 atom stereocenters. The first-order valence-corrected chi connectivity index (χ1v) is 12.6. The molecule has 0 fully saturated rings. The summed E-state index contributed by atoms with van der Waals surface area (Å²) < 4.78 is 16.4. The zero-order valence-electron chi connectivity index (χ0n) is 22.0. The van der Waals surface area contributed by atoms with Crippen molar-refractivity contribution in [2.75, 3.05) is 39.3 Å². The van der Waals surface area contributed by atoms with Crippen molar-refractivity contribution in [3.63, 3.8) is 0 Å². The highest BCUT2D eigenvalue weighted by Crippen LogP contribution is 2.32. The maximum absolute atomic E-state index is 13.3. The van der Waals surface area contributed by atoms with Crippen molar-refractivity contribution in [2.45, 2.75) is 12.5 Å². The number of aromatic nitrogens is 2. The number of rotatable bonds is 13. The molecule has 0 bridgehead atoms. The van der Waals surface area contributed by atoms with Gasteiger partial charge in [0.25, 0.3) is 5.91 Å². The SMILES string of the molecule is COc1ccc(-c2nc(NC(CO)Cc3ccccc3)ccc2C(=O)NCCOc2ccccc2)c(OC)n1. The molecule has 4 rings (SSSR count). The van der Waals surface area contributed by atoms with Crippen LogP contribution in [0.2, 0.25) is 0 Å². The molecule has 202 valence electrons. The molecule has 0 radical (unpaired) electrons. The van der Waals surface area contributed by atoms with Gasteiger partial charge in [-0.25, -0.2) is 4.98 Å². The number of anilines is 1. The third kappa shape index (κ3) is 7.45. The van der Waals surface area contributed by atoms with Gasteiger partial charge in [-0.05, 0) is 42.3 Å². The third-order valence-corrected chi connectivity index (χ3v) is 5.93. The summed E-state index contributed by atoms with van der Waals surface area (Å²) in [5, 5.41) is 16.2. The van der Waals surface area contributed by atoms with Crippen LogP contribution in [0.25, 0.3) is 11.3 Å². The van der Waals surface area contributed by atoms with Crippen LogP contribution < -0.4 is 24.8 Å². The fourth-order valence-electron chi connectivity index (χ4n) is 4.02. The lowest BCUT2D eigenvalue weighted by Gasteiger charge is -2.19. The van der Waals surface area contributed by atoms with Gasteiger partial charge in [-0.3, -0.25) is 4.79 Å². The van der Waals surface area contributed by atoms with Gasteiger partial charge in [0.1, 0.15) is 18.2 Å². The predicted molar refractivity (Wildman–Crippen MR) is 149 cm³/mol. The van der Waals surface area contributed by atoms with E-state index in [1.54, 1.807) is 24.3 Å². The molecule has 0 saturated heterocycles. The summed E-state index contributed by atoms with van der Waals surface area (Å²) in [6.45, 7) is 0.515. The summed E-state index contributed by atoms with van der Waals surface area (Å²) in [7, 11) is 3.01. The minimum Gasteiger partial charge on any atom is -0.492 e. The number of hydrogen-bond donors (Lipinski definition) is 3. The smallest absolute Gasteiger partial charge is 0.253 e. The van der Waals surface area contributed by atoms with Gasteiger partial charge in [-0.15, -0.1) is 0 Å². The van der Waals surface area contributed by atoms with Crippen molar-refractivity contribution >= 4 is 11.7 Å². The van der Waals surface area contributed by atoms with Crippen LogP contribution in [-0.2, 0) is 6.42 Å². The van der Waals surface area contributed by atoms with Crippen molar-refractivity contribution in [3.05, 3.63) is 96.1 Å². The molecular weight excluding hydrogens is 496 g/mol. The van der Waals surface area contributed by atoms with E-state index in [9.17, 15) is 9.90 Å². The van der Waals surface area contributed by atoms with Crippen molar-refractivity contribution in [2.24, 2.45) is 0 Å². The van der Waals surface area contributed by atoms with Gasteiger partial charge < -0.3 is 30.0 Å². The number of carbonyl (C=O) groups excluding carboxylic acids is 1. The van der Waals surface area contributed by atoms with Crippen molar-refractivity contribution in [1.29, 1.82) is 0 Å². The van der Waals surface area contributed by atoms with Gasteiger partial charge in [-0.1, -0.05) is 48.5 Å². The second-order valence-electron chi connectivity index (χ2n) is 8.63. The molecule has 0 spiro atoms. The quantitative estimate of drug-likeness (QED) is 0.223. The monoisotopic (exact) mass is 528 g/mol. The zero-order valence-corrected chi connectivity index (χ0v) is 22.0. The topological polar surface area (TPSA) is 115 Å². The highest BCUT2D eigenvalue weighted by atomic mass is 16.5. The summed E-state index contributed by atoms with van der Waals surface area (Å²) in [6, 6.07) is 25.8. The maximum Gasteiger partial charge on any atom is 0.253 e. The van der Waals surface area contributed by atoms with Crippen LogP contribution in [0.4, 0.5) is 5.82 Å². The molecular formula is C30H32N4O5. The van der Waals surface area contributed by atoms with Gasteiger partial charge >= 0.3 is 0 Å². The molecule has 0 aliphatic carbocycles. The Morgan fingerprint density at radius 3 is 2.33 bits per heavy atom. The van der Waals surface area contributed by atoms with Gasteiger partial charge in [0.15, 0.2) is 0 Å². The predicted octanol–water partition coefficient (Wildman–Crippen LogP) is 3.99. The number of amides is 1. The van der Waals surface area contributed by atoms with E-state index in [1.807, 2.05) is 60.7 Å². The molecule has 4 aromatic rings. The van der Waals surface area contributed by atoms with Crippen LogP contribution in [-0.4, -0.2) is 61.0 Å². The van der Waals surface area contributed by atoms with E-state index in [0.29, 0.717) is 48.1 Å². The number of aliphatic hydroxyl groups excluding tert-OH is 1. The number of aliphatic hydroxyl groups is 1. The molecule has 3 N–H and O–H groups in total. The first-order valence-electron chi connectivity index (χ1n) is 12.6. The number of nitrogens with zero attached hydrogens (tertiary/aromatic N) is 2. The molecule has 1 amide bonds. The van der Waals surface area contributed by atoms with E-state index in [0.717, 1.165) is 11.3 Å². The van der Waals surface area contributed by atoms with E-state index in [-0.39, 0.29) is 24.4 Å². The Balaban J connectivity index is 1.57. The molecule has 1 unspecified atom stereocenters. The molecule has 0 aliphatic heterocycles. The molecule has 2 aromatic carbocycles. The summed E-state index contributed by atoms with van der Waals surface area (Å²) in [4.78, 5) is 22.4. The lowest BCUT2D eigenvalue weighted by molar-refractivity contribution is 0.0947. The second-order valence-corrected chi connectivity index (χ2v) is 8.63. The van der Waals surface area contributed by atoms with E-state index in [2.05, 4.69) is 15.6 Å². The average Bonchev–Trinajstić information content (AvgIpc) is 2.99. The number of pyridine rings is 2.